The zero-order valence-electron chi connectivity index (χ0n) is 21.4. The molecule has 0 bridgehead atoms. The number of allylic oxidation sites excluding steroid dienone is 2. The van der Waals surface area contributed by atoms with Gasteiger partial charge in [0.15, 0.2) is 10.8 Å². The molecule has 1 aliphatic rings. The fraction of sp³-hybridized carbons (Fsp3) is 0.519. The molecule has 2 aromatic rings. The van der Waals surface area contributed by atoms with Crippen LogP contribution < -0.4 is 0 Å². The van der Waals surface area contributed by atoms with Crippen molar-refractivity contribution >= 4 is 23.1 Å². The van der Waals surface area contributed by atoms with E-state index in [1.165, 1.54) is 11.3 Å². The molecule has 2 N–H and O–H groups in total. The second-order valence-electron chi connectivity index (χ2n) is 9.99. The third kappa shape index (κ3) is 6.72. The van der Waals surface area contributed by atoms with E-state index in [1.54, 1.807) is 39.2 Å². The Morgan fingerprint density at radius 3 is 2.53 bits per heavy atom. The number of nitrogens with zero attached hydrogens (tertiary/aromatic N) is 3. The first kappa shape index (κ1) is 27.8. The number of Topliss-reactive ketones (excluding diaryl/α,β-unsaturated/α-hetero) is 1. The van der Waals surface area contributed by atoms with Crippen LogP contribution in [0.3, 0.4) is 0 Å². The van der Waals surface area contributed by atoms with E-state index in [4.69, 9.17) is 4.74 Å². The van der Waals surface area contributed by atoms with Gasteiger partial charge in [-0.05, 0) is 19.4 Å². The van der Waals surface area contributed by atoms with E-state index in [2.05, 4.69) is 15.0 Å². The first-order valence-corrected chi connectivity index (χ1v) is 13.0. The van der Waals surface area contributed by atoms with E-state index < -0.39 is 35.6 Å². The van der Waals surface area contributed by atoms with Gasteiger partial charge in [0.05, 0.1) is 29.7 Å². The molecular formula is C27H35N3O5S. The highest BCUT2D eigenvalue weighted by Crippen LogP contribution is 2.33. The lowest BCUT2D eigenvalue weighted by atomic mass is 9.73. The number of ether oxygens (including phenoxy) is 1. The molecule has 1 aliphatic heterocycles. The zero-order valence-corrected chi connectivity index (χ0v) is 22.2. The number of aromatic nitrogens is 3. The van der Waals surface area contributed by atoms with Gasteiger partial charge < -0.3 is 14.9 Å². The van der Waals surface area contributed by atoms with Crippen LogP contribution in [0.1, 0.15) is 65.7 Å². The first-order valence-electron chi connectivity index (χ1n) is 12.2. The summed E-state index contributed by atoms with van der Waals surface area (Å²) in [4.78, 5) is 39.2. The summed E-state index contributed by atoms with van der Waals surface area (Å²) in [6, 6.07) is 1.73. The Bertz CT molecular complexity index is 1110. The maximum absolute atomic E-state index is 13.2. The largest absolute Gasteiger partial charge is 0.455 e. The van der Waals surface area contributed by atoms with E-state index >= 15 is 0 Å². The third-order valence-corrected chi connectivity index (χ3v) is 7.59. The number of ketones is 1. The number of rotatable bonds is 2. The van der Waals surface area contributed by atoms with E-state index in [1.807, 2.05) is 37.5 Å². The standard InChI is InChI=1S/C27H35N3O5S/c1-16-8-6-9-17(2)23(33)18(3)24(34)27(4,5)21(31)14-22(32)35-20(11-10-16)19-15-36-26(30-19)25-28-12-7-13-29-25/h6-7,9-10,12-13,15,17-18,20-21,23,31,33H,8,11,14H2,1-5H3/b9-6-,16-10-/t17-,18+,20-,21-,23-/m0/s1. The normalized spacial score (nSPS) is 30.8. The van der Waals surface area contributed by atoms with E-state index in [-0.39, 0.29) is 18.1 Å². The van der Waals surface area contributed by atoms with Crippen LogP contribution in [0.25, 0.3) is 10.8 Å². The third-order valence-electron chi connectivity index (χ3n) is 6.74. The van der Waals surface area contributed by atoms with Crippen molar-refractivity contribution in [2.24, 2.45) is 17.3 Å². The van der Waals surface area contributed by atoms with E-state index in [0.29, 0.717) is 29.4 Å². The van der Waals surface area contributed by atoms with Crippen molar-refractivity contribution in [3.63, 3.8) is 0 Å². The van der Waals surface area contributed by atoms with Crippen LogP contribution in [-0.2, 0) is 14.3 Å². The van der Waals surface area contributed by atoms with E-state index in [9.17, 15) is 19.8 Å². The highest BCUT2D eigenvalue weighted by molar-refractivity contribution is 7.13. The number of hydrogen-bond acceptors (Lipinski definition) is 9. The SMILES string of the molecule is C/C1=C/C[C@@H](c2csc(-c3ncccn3)n2)OC(=O)C[C@H](O)C(C)(C)C(=O)[C@H](C)[C@@H](O)[C@@H](C)/C=C\C1. The van der Waals surface area contributed by atoms with Crippen LogP contribution >= 0.6 is 11.3 Å². The molecule has 0 aromatic carbocycles. The molecule has 0 spiro atoms. The number of carbonyl (C=O) groups is 2. The van der Waals surface area contributed by atoms with Crippen LogP contribution in [0.4, 0.5) is 0 Å². The average Bonchev–Trinajstić information content (AvgIpc) is 3.35. The van der Waals surface area contributed by atoms with Gasteiger partial charge in [0.2, 0.25) is 0 Å². The summed E-state index contributed by atoms with van der Waals surface area (Å²) in [7, 11) is 0. The van der Waals surface area contributed by atoms with Gasteiger partial charge in [-0.25, -0.2) is 15.0 Å². The first-order chi connectivity index (χ1) is 17.0. The van der Waals surface area contributed by atoms with Crippen molar-refractivity contribution in [2.45, 2.75) is 72.2 Å². The van der Waals surface area contributed by atoms with Gasteiger partial charge >= 0.3 is 5.97 Å². The molecule has 194 valence electrons. The zero-order chi connectivity index (χ0) is 26.5. The van der Waals surface area contributed by atoms with Gasteiger partial charge in [-0.2, -0.15) is 0 Å². The number of aliphatic hydroxyl groups excluding tert-OH is 2. The molecule has 0 amide bonds. The summed E-state index contributed by atoms with van der Waals surface area (Å²) in [5.41, 5.74) is 0.393. The summed E-state index contributed by atoms with van der Waals surface area (Å²) in [6.45, 7) is 8.69. The molecule has 36 heavy (non-hydrogen) atoms. The summed E-state index contributed by atoms with van der Waals surface area (Å²) < 4.78 is 5.78. The molecule has 3 rings (SSSR count). The second-order valence-corrected chi connectivity index (χ2v) is 10.8. The van der Waals surface area contributed by atoms with Crippen molar-refractivity contribution in [1.29, 1.82) is 0 Å². The molecular weight excluding hydrogens is 478 g/mol. The molecule has 0 saturated carbocycles. The average molecular weight is 514 g/mol. The van der Waals surface area contributed by atoms with Crippen LogP contribution in [0.15, 0.2) is 47.6 Å². The Morgan fingerprint density at radius 1 is 1.14 bits per heavy atom. The minimum Gasteiger partial charge on any atom is -0.455 e. The fourth-order valence-electron chi connectivity index (χ4n) is 4.13. The number of cyclic esters (lactones) is 1. The topological polar surface area (TPSA) is 123 Å². The molecule has 5 atom stereocenters. The second kappa shape index (κ2) is 12.0. The molecule has 2 aromatic heterocycles. The molecule has 0 unspecified atom stereocenters. The number of hydrogen-bond donors (Lipinski definition) is 2. The Morgan fingerprint density at radius 2 is 1.83 bits per heavy atom. The quantitative estimate of drug-likeness (QED) is 0.446. The number of esters is 1. The Labute approximate surface area is 216 Å². The van der Waals surface area contributed by atoms with Crippen molar-refractivity contribution in [2.75, 3.05) is 0 Å². The monoisotopic (exact) mass is 513 g/mol. The lowest BCUT2D eigenvalue weighted by Gasteiger charge is -2.34. The van der Waals surface area contributed by atoms with Crippen LogP contribution in [0.2, 0.25) is 0 Å². The number of aliphatic hydroxyl groups is 2. The Kier molecular flexibility index (Phi) is 9.27. The van der Waals surface area contributed by atoms with Gasteiger partial charge in [0.1, 0.15) is 11.9 Å². The van der Waals surface area contributed by atoms with Crippen LogP contribution in [0, 0.1) is 17.3 Å². The minimum atomic E-state index is -1.27. The summed E-state index contributed by atoms with van der Waals surface area (Å²) in [5, 5.41) is 24.0. The maximum Gasteiger partial charge on any atom is 0.309 e. The highest BCUT2D eigenvalue weighted by Gasteiger charge is 2.42. The molecule has 3 heterocycles. The smallest absolute Gasteiger partial charge is 0.309 e. The molecule has 0 aliphatic carbocycles. The molecule has 0 radical (unpaired) electrons. The molecule has 0 saturated heterocycles. The maximum atomic E-state index is 13.2. The Balaban J connectivity index is 1.91. The molecule has 0 fully saturated rings. The van der Waals surface area contributed by atoms with Gasteiger partial charge in [0, 0.05) is 36.0 Å². The highest BCUT2D eigenvalue weighted by atomic mass is 32.1. The van der Waals surface area contributed by atoms with Crippen molar-refractivity contribution in [1.82, 2.24) is 15.0 Å². The predicted octanol–water partition coefficient (Wildman–Crippen LogP) is 4.46. The van der Waals surface area contributed by atoms with Crippen molar-refractivity contribution in [3.8, 4) is 10.8 Å². The lowest BCUT2D eigenvalue weighted by Crippen LogP contribution is -2.45. The lowest BCUT2D eigenvalue weighted by molar-refractivity contribution is -0.156. The summed E-state index contributed by atoms with van der Waals surface area (Å²) in [5.74, 6) is -1.40. The minimum absolute atomic E-state index is 0.246. The Hall–Kier alpha value is -2.75. The predicted molar refractivity (Wildman–Crippen MR) is 138 cm³/mol. The van der Waals surface area contributed by atoms with Crippen molar-refractivity contribution < 1.29 is 24.5 Å². The van der Waals surface area contributed by atoms with E-state index in [0.717, 1.165) is 5.57 Å². The fourth-order valence-corrected chi connectivity index (χ4v) is 4.94. The van der Waals surface area contributed by atoms with Crippen LogP contribution in [0.5, 0.6) is 0 Å². The summed E-state index contributed by atoms with van der Waals surface area (Å²) >= 11 is 1.36. The van der Waals surface area contributed by atoms with Gasteiger partial charge in [0.25, 0.3) is 0 Å². The molecule has 9 heteroatoms. The number of carbonyl (C=O) groups excluding carboxylic acids is 2. The van der Waals surface area contributed by atoms with Gasteiger partial charge in [-0.1, -0.05) is 51.5 Å². The van der Waals surface area contributed by atoms with Gasteiger partial charge in [-0.3, -0.25) is 9.59 Å². The van der Waals surface area contributed by atoms with Gasteiger partial charge in [-0.15, -0.1) is 11.3 Å². The molecule has 8 nitrogen and oxygen atoms in total. The van der Waals surface area contributed by atoms with Crippen molar-refractivity contribution in [3.05, 3.63) is 53.3 Å². The summed E-state index contributed by atoms with van der Waals surface area (Å²) in [6.07, 6.45) is 7.03. The number of thiazole rings is 1. The van der Waals surface area contributed by atoms with Crippen LogP contribution in [-0.4, -0.2) is 49.1 Å².